The topological polar surface area (TPSA) is 112 Å². The van der Waals surface area contributed by atoms with Gasteiger partial charge in [0, 0.05) is 42.5 Å². The zero-order valence-electron chi connectivity index (χ0n) is 19.1. The second-order valence-corrected chi connectivity index (χ2v) is 8.34. The molecule has 9 nitrogen and oxygen atoms in total. The van der Waals surface area contributed by atoms with Crippen molar-refractivity contribution in [2.75, 3.05) is 24.9 Å². The molecule has 2 aromatic heterocycles. The maximum absolute atomic E-state index is 6.07. The number of anilines is 3. The van der Waals surface area contributed by atoms with Crippen LogP contribution in [-0.4, -0.2) is 45.8 Å². The van der Waals surface area contributed by atoms with Gasteiger partial charge in [-0.25, -0.2) is 4.98 Å². The number of imidazole rings is 1. The minimum absolute atomic E-state index is 0.298. The van der Waals surface area contributed by atoms with Crippen LogP contribution in [0.2, 0.25) is 0 Å². The van der Waals surface area contributed by atoms with E-state index in [1.165, 1.54) is 0 Å². The van der Waals surface area contributed by atoms with E-state index in [9.17, 15) is 0 Å². The number of methoxy groups -OCH3 is 2. The predicted octanol–water partition coefficient (Wildman–Crippen LogP) is 4.07. The summed E-state index contributed by atoms with van der Waals surface area (Å²) in [6.45, 7) is 3.05. The Morgan fingerprint density at radius 2 is 1.78 bits per heavy atom. The van der Waals surface area contributed by atoms with E-state index in [1.807, 2.05) is 24.5 Å². The molecule has 0 saturated heterocycles. The Morgan fingerprint density at radius 3 is 2.44 bits per heavy atom. The van der Waals surface area contributed by atoms with Crippen LogP contribution in [0.4, 0.5) is 17.5 Å². The van der Waals surface area contributed by atoms with Crippen LogP contribution in [0.25, 0.3) is 11.2 Å². The van der Waals surface area contributed by atoms with Crippen molar-refractivity contribution in [1.82, 2.24) is 19.5 Å². The molecule has 4 rings (SSSR count). The first-order valence-electron chi connectivity index (χ1n) is 11.3. The molecule has 172 valence electrons. The van der Waals surface area contributed by atoms with E-state index in [2.05, 4.69) is 27.1 Å². The number of nitrogens with zero attached hydrogens (tertiary/aromatic N) is 4. The van der Waals surface area contributed by atoms with Gasteiger partial charge in [0.15, 0.2) is 17.0 Å². The first-order valence-corrected chi connectivity index (χ1v) is 11.3. The number of hydrogen-bond acceptors (Lipinski definition) is 8. The molecule has 0 bridgehead atoms. The molecule has 3 aromatic rings. The van der Waals surface area contributed by atoms with Crippen molar-refractivity contribution in [1.29, 1.82) is 0 Å². The smallest absolute Gasteiger partial charge is 0.227 e. The average Bonchev–Trinajstić information content (AvgIpc) is 3.22. The number of benzene rings is 1. The fraction of sp³-hybridized carbons (Fsp3) is 0.522. The van der Waals surface area contributed by atoms with E-state index in [1.54, 1.807) is 14.2 Å². The standard InChI is InChI=1S/C23H33N7O2/c1-4-5-10-30-14-25-20-21(26-17-11-18(31-2)13-19(12-17)32-3)28-23(29-22(20)30)27-16-8-6-15(24)7-9-16/h11-16H,4-10,24H2,1-3H3,(H2,26,27,28,29). The summed E-state index contributed by atoms with van der Waals surface area (Å²) < 4.78 is 12.9. The molecule has 0 unspecified atom stereocenters. The number of rotatable bonds is 9. The van der Waals surface area contributed by atoms with Gasteiger partial charge in [0.25, 0.3) is 0 Å². The van der Waals surface area contributed by atoms with Crippen LogP contribution in [0.3, 0.4) is 0 Å². The van der Waals surface area contributed by atoms with E-state index in [0.717, 1.165) is 61.9 Å². The molecular weight excluding hydrogens is 406 g/mol. The summed E-state index contributed by atoms with van der Waals surface area (Å²) in [7, 11) is 3.27. The molecule has 0 aliphatic heterocycles. The number of nitrogens with one attached hydrogen (secondary N) is 2. The second kappa shape index (κ2) is 10.0. The highest BCUT2D eigenvalue weighted by Gasteiger charge is 2.21. The Balaban J connectivity index is 1.69. The third-order valence-corrected chi connectivity index (χ3v) is 5.94. The Morgan fingerprint density at radius 1 is 1.06 bits per heavy atom. The molecule has 1 aromatic carbocycles. The lowest BCUT2D eigenvalue weighted by Crippen LogP contribution is -2.33. The third-order valence-electron chi connectivity index (χ3n) is 5.94. The van der Waals surface area contributed by atoms with E-state index >= 15 is 0 Å². The first-order chi connectivity index (χ1) is 15.6. The van der Waals surface area contributed by atoms with Gasteiger partial charge in [-0.15, -0.1) is 0 Å². The average molecular weight is 440 g/mol. The molecule has 0 amide bonds. The largest absolute Gasteiger partial charge is 0.497 e. The zero-order valence-corrected chi connectivity index (χ0v) is 19.1. The molecule has 1 aliphatic carbocycles. The summed E-state index contributed by atoms with van der Waals surface area (Å²) >= 11 is 0. The van der Waals surface area contributed by atoms with Gasteiger partial charge in [-0.3, -0.25) is 0 Å². The minimum atomic E-state index is 0.298. The van der Waals surface area contributed by atoms with Crippen molar-refractivity contribution in [2.24, 2.45) is 5.73 Å². The lowest BCUT2D eigenvalue weighted by molar-refractivity contribution is 0.395. The summed E-state index contributed by atoms with van der Waals surface area (Å²) in [5.41, 5.74) is 8.43. The number of nitrogens with two attached hydrogens (primary N) is 1. The van der Waals surface area contributed by atoms with Crippen LogP contribution in [0.5, 0.6) is 11.5 Å². The number of ether oxygens (including phenoxy) is 2. The summed E-state index contributed by atoms with van der Waals surface area (Å²) in [6.07, 6.45) is 8.09. The van der Waals surface area contributed by atoms with Gasteiger partial charge in [-0.05, 0) is 32.1 Å². The molecule has 0 spiro atoms. The monoisotopic (exact) mass is 439 g/mol. The van der Waals surface area contributed by atoms with Crippen LogP contribution >= 0.6 is 0 Å². The summed E-state index contributed by atoms with van der Waals surface area (Å²) in [6, 6.07) is 6.26. The Bertz CT molecular complexity index is 1020. The highest BCUT2D eigenvalue weighted by Crippen LogP contribution is 2.31. The number of fused-ring (bicyclic) bond motifs is 1. The van der Waals surface area contributed by atoms with Crippen LogP contribution in [0, 0.1) is 0 Å². The summed E-state index contributed by atoms with van der Waals surface area (Å²) in [5, 5.41) is 6.93. The number of hydrogen-bond donors (Lipinski definition) is 3. The lowest BCUT2D eigenvalue weighted by atomic mass is 9.92. The molecule has 1 aliphatic rings. The molecule has 1 saturated carbocycles. The van der Waals surface area contributed by atoms with Crippen LogP contribution in [0.15, 0.2) is 24.5 Å². The fourth-order valence-corrected chi connectivity index (χ4v) is 4.05. The van der Waals surface area contributed by atoms with Gasteiger partial charge in [-0.1, -0.05) is 13.3 Å². The van der Waals surface area contributed by atoms with Gasteiger partial charge >= 0.3 is 0 Å². The number of aromatic nitrogens is 4. The van der Waals surface area contributed by atoms with Crippen LogP contribution in [-0.2, 0) is 6.54 Å². The molecule has 4 N–H and O–H groups in total. The third kappa shape index (κ3) is 5.04. The molecule has 2 heterocycles. The Labute approximate surface area is 188 Å². The van der Waals surface area contributed by atoms with Crippen molar-refractivity contribution in [3.05, 3.63) is 24.5 Å². The lowest BCUT2D eigenvalue weighted by Gasteiger charge is -2.26. The highest BCUT2D eigenvalue weighted by molar-refractivity contribution is 5.86. The van der Waals surface area contributed by atoms with Crippen LogP contribution < -0.4 is 25.8 Å². The quantitative estimate of drug-likeness (QED) is 0.457. The Hall–Kier alpha value is -3.07. The van der Waals surface area contributed by atoms with E-state index in [-0.39, 0.29) is 0 Å². The maximum atomic E-state index is 6.07. The number of unbranched alkanes of at least 4 members (excludes halogenated alkanes) is 1. The van der Waals surface area contributed by atoms with Crippen LogP contribution in [0.1, 0.15) is 45.4 Å². The van der Waals surface area contributed by atoms with E-state index in [0.29, 0.717) is 35.3 Å². The maximum Gasteiger partial charge on any atom is 0.227 e. The summed E-state index contributed by atoms with van der Waals surface area (Å²) in [5.74, 6) is 2.65. The van der Waals surface area contributed by atoms with Gasteiger partial charge in [0.05, 0.1) is 20.5 Å². The molecule has 32 heavy (non-hydrogen) atoms. The second-order valence-electron chi connectivity index (χ2n) is 8.34. The Kier molecular flexibility index (Phi) is 6.94. The van der Waals surface area contributed by atoms with Gasteiger partial charge < -0.3 is 30.4 Å². The van der Waals surface area contributed by atoms with Crippen molar-refractivity contribution in [3.8, 4) is 11.5 Å². The highest BCUT2D eigenvalue weighted by atomic mass is 16.5. The molecule has 1 fully saturated rings. The normalized spacial score (nSPS) is 18.5. The van der Waals surface area contributed by atoms with Gasteiger partial charge in [0.1, 0.15) is 11.5 Å². The van der Waals surface area contributed by atoms with Crippen molar-refractivity contribution in [3.63, 3.8) is 0 Å². The van der Waals surface area contributed by atoms with E-state index in [4.69, 9.17) is 25.2 Å². The molecule has 0 atom stereocenters. The number of aryl methyl sites for hydroxylation is 1. The zero-order chi connectivity index (χ0) is 22.5. The van der Waals surface area contributed by atoms with Crippen molar-refractivity contribution in [2.45, 2.75) is 64.1 Å². The van der Waals surface area contributed by atoms with E-state index < -0.39 is 0 Å². The molecule has 0 radical (unpaired) electrons. The van der Waals surface area contributed by atoms with Crippen molar-refractivity contribution < 1.29 is 9.47 Å². The molecular formula is C23H33N7O2. The summed E-state index contributed by atoms with van der Waals surface area (Å²) in [4.78, 5) is 14.2. The van der Waals surface area contributed by atoms with Gasteiger partial charge in [0.2, 0.25) is 5.95 Å². The SMILES string of the molecule is CCCCn1cnc2c(Nc3cc(OC)cc(OC)c3)nc(NC3CCC(N)CC3)nc21. The van der Waals surface area contributed by atoms with Gasteiger partial charge in [-0.2, -0.15) is 9.97 Å². The molecule has 9 heteroatoms. The minimum Gasteiger partial charge on any atom is -0.497 e. The first kappa shape index (κ1) is 22.1. The van der Waals surface area contributed by atoms with Crippen molar-refractivity contribution >= 4 is 28.6 Å². The fourth-order valence-electron chi connectivity index (χ4n) is 4.05. The predicted molar refractivity (Wildman–Crippen MR) is 127 cm³/mol.